The van der Waals surface area contributed by atoms with Crippen molar-refractivity contribution in [3.05, 3.63) is 39.8 Å². The topological polar surface area (TPSA) is 108 Å². The number of unbranched alkanes of at least 4 members (excludes halogenated alkanes) is 1. The molecule has 112 valence electrons. The largest absolute Gasteiger partial charge is 0.337 e. The molecule has 1 aromatic carbocycles. The van der Waals surface area contributed by atoms with Crippen LogP contribution in [0.25, 0.3) is 11.4 Å². The van der Waals surface area contributed by atoms with Crippen molar-refractivity contribution in [2.24, 2.45) is 5.73 Å². The molecule has 21 heavy (non-hydrogen) atoms. The van der Waals surface area contributed by atoms with Gasteiger partial charge in [0.1, 0.15) is 0 Å². The molecule has 1 aromatic heterocycles. The molecule has 0 saturated carbocycles. The van der Waals surface area contributed by atoms with Gasteiger partial charge in [0, 0.05) is 17.7 Å². The highest BCUT2D eigenvalue weighted by atomic mass is 16.6. The molecule has 0 aliphatic heterocycles. The number of aryl methyl sites for hydroxylation is 1. The first kappa shape index (κ1) is 15.1. The van der Waals surface area contributed by atoms with Crippen molar-refractivity contribution in [1.29, 1.82) is 0 Å². The third kappa shape index (κ3) is 3.43. The quantitative estimate of drug-likeness (QED) is 0.646. The number of nitrogens with zero attached hydrogens (tertiary/aromatic N) is 3. The summed E-state index contributed by atoms with van der Waals surface area (Å²) in [5.74, 6) is 0.697. The van der Waals surface area contributed by atoms with Crippen LogP contribution in [0.1, 0.15) is 43.7 Å². The second kappa shape index (κ2) is 6.45. The molecule has 1 atom stereocenters. The average Bonchev–Trinajstić information content (AvgIpc) is 2.94. The van der Waals surface area contributed by atoms with Crippen LogP contribution in [-0.2, 0) is 0 Å². The van der Waals surface area contributed by atoms with E-state index < -0.39 is 4.92 Å². The van der Waals surface area contributed by atoms with Crippen molar-refractivity contribution in [2.75, 3.05) is 0 Å². The molecular weight excluding hydrogens is 272 g/mol. The summed E-state index contributed by atoms with van der Waals surface area (Å²) < 4.78 is 5.18. The SMILES string of the molecule is CCCC[C@H](N)c1nc(-c2cc([N+](=O)[O-])ccc2C)no1. The van der Waals surface area contributed by atoms with E-state index in [0.717, 1.165) is 24.8 Å². The van der Waals surface area contributed by atoms with Gasteiger partial charge in [-0.2, -0.15) is 4.98 Å². The highest BCUT2D eigenvalue weighted by Gasteiger charge is 2.18. The smallest absolute Gasteiger partial charge is 0.270 e. The third-order valence-corrected chi connectivity index (χ3v) is 3.30. The van der Waals surface area contributed by atoms with Gasteiger partial charge in [-0.1, -0.05) is 31.0 Å². The number of hydrogen-bond acceptors (Lipinski definition) is 6. The zero-order valence-electron chi connectivity index (χ0n) is 12.1. The average molecular weight is 290 g/mol. The molecule has 7 nitrogen and oxygen atoms in total. The van der Waals surface area contributed by atoms with Crippen LogP contribution in [0.2, 0.25) is 0 Å². The molecule has 0 saturated heterocycles. The Balaban J connectivity index is 2.29. The Morgan fingerprint density at radius 3 is 2.90 bits per heavy atom. The first-order chi connectivity index (χ1) is 10.0. The van der Waals surface area contributed by atoms with Gasteiger partial charge in [-0.05, 0) is 18.9 Å². The zero-order chi connectivity index (χ0) is 15.4. The van der Waals surface area contributed by atoms with Crippen molar-refractivity contribution in [3.63, 3.8) is 0 Å². The first-order valence-corrected chi connectivity index (χ1v) is 6.87. The first-order valence-electron chi connectivity index (χ1n) is 6.87. The van der Waals surface area contributed by atoms with Gasteiger partial charge in [0.25, 0.3) is 5.69 Å². The molecule has 0 aliphatic rings. The molecule has 2 N–H and O–H groups in total. The number of hydrogen-bond donors (Lipinski definition) is 1. The van der Waals surface area contributed by atoms with Crippen LogP contribution in [0, 0.1) is 17.0 Å². The minimum Gasteiger partial charge on any atom is -0.337 e. The standard InChI is InChI=1S/C14H18N4O3/c1-3-4-5-12(15)14-16-13(17-21-14)11-8-10(18(19)20)7-6-9(11)2/h6-8,12H,3-5,15H2,1-2H3/t12-/m0/s1. The molecule has 0 amide bonds. The molecule has 0 spiro atoms. The van der Waals surface area contributed by atoms with Crippen molar-refractivity contribution < 1.29 is 9.45 Å². The third-order valence-electron chi connectivity index (χ3n) is 3.30. The molecule has 0 radical (unpaired) electrons. The fourth-order valence-electron chi connectivity index (χ4n) is 2.01. The summed E-state index contributed by atoms with van der Waals surface area (Å²) in [6, 6.07) is 4.26. The van der Waals surface area contributed by atoms with Crippen molar-refractivity contribution in [3.8, 4) is 11.4 Å². The molecule has 2 rings (SSSR count). The molecule has 0 unspecified atom stereocenters. The van der Waals surface area contributed by atoms with E-state index in [1.165, 1.54) is 12.1 Å². The Labute approximate surface area is 122 Å². The van der Waals surface area contributed by atoms with E-state index in [9.17, 15) is 10.1 Å². The number of nitro groups is 1. The highest BCUT2D eigenvalue weighted by molar-refractivity contribution is 5.63. The summed E-state index contributed by atoms with van der Waals surface area (Å²) in [6.07, 6.45) is 2.79. The number of nitrogens with two attached hydrogens (primary N) is 1. The lowest BCUT2D eigenvalue weighted by atomic mass is 10.1. The Morgan fingerprint density at radius 1 is 1.48 bits per heavy atom. The Morgan fingerprint density at radius 2 is 2.24 bits per heavy atom. The maximum atomic E-state index is 10.8. The normalized spacial score (nSPS) is 12.3. The second-order valence-corrected chi connectivity index (χ2v) is 4.96. The van der Waals surface area contributed by atoms with Gasteiger partial charge < -0.3 is 10.3 Å². The van der Waals surface area contributed by atoms with E-state index in [4.69, 9.17) is 10.3 Å². The number of rotatable bonds is 6. The fourth-order valence-corrected chi connectivity index (χ4v) is 2.01. The van der Waals surface area contributed by atoms with Gasteiger partial charge in [-0.15, -0.1) is 0 Å². The van der Waals surface area contributed by atoms with Gasteiger partial charge >= 0.3 is 0 Å². The lowest BCUT2D eigenvalue weighted by Gasteiger charge is -2.04. The van der Waals surface area contributed by atoms with Crippen molar-refractivity contribution in [1.82, 2.24) is 10.1 Å². The minimum absolute atomic E-state index is 0.00256. The Hall–Kier alpha value is -2.28. The number of nitro benzene ring substituents is 1. The number of aromatic nitrogens is 2. The maximum Gasteiger partial charge on any atom is 0.270 e. The van der Waals surface area contributed by atoms with E-state index in [-0.39, 0.29) is 11.7 Å². The fraction of sp³-hybridized carbons (Fsp3) is 0.429. The van der Waals surface area contributed by atoms with Crippen LogP contribution in [0.4, 0.5) is 5.69 Å². The number of non-ortho nitro benzene ring substituents is 1. The summed E-state index contributed by atoms with van der Waals surface area (Å²) in [5, 5.41) is 14.7. The van der Waals surface area contributed by atoms with Crippen LogP contribution >= 0.6 is 0 Å². The molecule has 0 bridgehead atoms. The van der Waals surface area contributed by atoms with E-state index in [1.807, 2.05) is 6.92 Å². The zero-order valence-corrected chi connectivity index (χ0v) is 12.1. The lowest BCUT2D eigenvalue weighted by molar-refractivity contribution is -0.384. The summed E-state index contributed by atoms with van der Waals surface area (Å²) in [5.41, 5.74) is 7.41. The second-order valence-electron chi connectivity index (χ2n) is 4.96. The van der Waals surface area contributed by atoms with Gasteiger partial charge in [0.2, 0.25) is 11.7 Å². The molecule has 0 fully saturated rings. The minimum atomic E-state index is -0.448. The van der Waals surface area contributed by atoms with E-state index >= 15 is 0 Å². The Bertz CT molecular complexity index is 639. The number of benzene rings is 1. The molecule has 1 heterocycles. The summed E-state index contributed by atoms with van der Waals surface area (Å²) in [4.78, 5) is 14.7. The summed E-state index contributed by atoms with van der Waals surface area (Å²) in [6.45, 7) is 3.92. The van der Waals surface area contributed by atoms with Crippen LogP contribution in [-0.4, -0.2) is 15.1 Å². The molecule has 2 aromatic rings. The summed E-state index contributed by atoms with van der Waals surface area (Å²) >= 11 is 0. The highest BCUT2D eigenvalue weighted by Crippen LogP contribution is 2.26. The van der Waals surface area contributed by atoms with E-state index in [2.05, 4.69) is 17.1 Å². The predicted octanol–water partition coefficient (Wildman–Crippen LogP) is 3.14. The lowest BCUT2D eigenvalue weighted by Crippen LogP contribution is -2.10. The van der Waals surface area contributed by atoms with Gasteiger partial charge in [0.05, 0.1) is 11.0 Å². The van der Waals surface area contributed by atoms with Gasteiger partial charge in [-0.25, -0.2) is 0 Å². The van der Waals surface area contributed by atoms with Crippen LogP contribution in [0.15, 0.2) is 22.7 Å². The van der Waals surface area contributed by atoms with E-state index in [0.29, 0.717) is 17.3 Å². The van der Waals surface area contributed by atoms with Crippen LogP contribution < -0.4 is 5.73 Å². The van der Waals surface area contributed by atoms with Gasteiger partial charge in [-0.3, -0.25) is 10.1 Å². The van der Waals surface area contributed by atoms with Crippen LogP contribution in [0.3, 0.4) is 0 Å². The van der Waals surface area contributed by atoms with Gasteiger partial charge in [0.15, 0.2) is 0 Å². The monoisotopic (exact) mass is 290 g/mol. The van der Waals surface area contributed by atoms with Crippen molar-refractivity contribution in [2.45, 2.75) is 39.2 Å². The Kier molecular flexibility index (Phi) is 4.64. The molecule has 7 heteroatoms. The van der Waals surface area contributed by atoms with E-state index in [1.54, 1.807) is 6.07 Å². The van der Waals surface area contributed by atoms with Crippen molar-refractivity contribution >= 4 is 5.69 Å². The maximum absolute atomic E-state index is 10.8. The molecule has 0 aliphatic carbocycles. The van der Waals surface area contributed by atoms with Crippen LogP contribution in [0.5, 0.6) is 0 Å². The predicted molar refractivity (Wildman–Crippen MR) is 77.6 cm³/mol. The summed E-state index contributed by atoms with van der Waals surface area (Å²) in [7, 11) is 0. The molecular formula is C14H18N4O3.